The van der Waals surface area contributed by atoms with Gasteiger partial charge in [0.25, 0.3) is 5.91 Å². The highest BCUT2D eigenvalue weighted by Gasteiger charge is 2.29. The van der Waals surface area contributed by atoms with Crippen LogP contribution in [-0.4, -0.2) is 56.9 Å². The van der Waals surface area contributed by atoms with Crippen LogP contribution in [0.25, 0.3) is 0 Å². The van der Waals surface area contributed by atoms with Gasteiger partial charge in [0.15, 0.2) is 11.5 Å². The smallest absolute Gasteiger partial charge is 0.257 e. The van der Waals surface area contributed by atoms with Crippen LogP contribution >= 0.6 is 0 Å². The number of carbonyl (C=O) groups is 1. The number of hydrogen-bond acceptors (Lipinski definition) is 5. The number of benzene rings is 1. The Labute approximate surface area is 124 Å². The zero-order valence-electron chi connectivity index (χ0n) is 12.6. The molecule has 0 aliphatic carbocycles. The number of nitrogens with zero attached hydrogens (tertiary/aromatic N) is 1. The zero-order valence-corrected chi connectivity index (χ0v) is 12.6. The molecule has 0 bridgehead atoms. The first kappa shape index (κ1) is 15.4. The van der Waals surface area contributed by atoms with Gasteiger partial charge in [0.05, 0.1) is 26.9 Å². The Morgan fingerprint density at radius 3 is 2.48 bits per heavy atom. The lowest BCUT2D eigenvalue weighted by Crippen LogP contribution is -2.29. The summed E-state index contributed by atoms with van der Waals surface area (Å²) in [6, 6.07) is 3.36. The van der Waals surface area contributed by atoms with Crippen LogP contribution < -0.4 is 14.2 Å². The molecule has 1 unspecified atom stereocenters. The fraction of sp³-hybridized carbons (Fsp3) is 0.533. The van der Waals surface area contributed by atoms with Gasteiger partial charge >= 0.3 is 0 Å². The van der Waals surface area contributed by atoms with Crippen molar-refractivity contribution in [2.75, 3.05) is 41.0 Å². The second-order valence-corrected chi connectivity index (χ2v) is 4.97. The standard InChI is InChI=1S/C15H21NO5/c1-19-12-5-4-11(13(20-2)14(12)21-3)15(18)16-7-6-10(8-16)9-17/h4-5,10,17H,6-9H2,1-3H3. The predicted octanol–water partition coefficient (Wildman–Crippen LogP) is 1.17. The summed E-state index contributed by atoms with van der Waals surface area (Å²) in [5.74, 6) is 1.32. The third-order valence-electron chi connectivity index (χ3n) is 3.77. The average molecular weight is 295 g/mol. The summed E-state index contributed by atoms with van der Waals surface area (Å²) in [6.45, 7) is 1.31. The first-order valence-corrected chi connectivity index (χ1v) is 6.85. The minimum Gasteiger partial charge on any atom is -0.493 e. The normalized spacial score (nSPS) is 17.7. The van der Waals surface area contributed by atoms with E-state index in [1.54, 1.807) is 17.0 Å². The second kappa shape index (κ2) is 6.67. The Bertz CT molecular complexity index is 517. The van der Waals surface area contributed by atoms with Gasteiger partial charge in [0.2, 0.25) is 5.75 Å². The van der Waals surface area contributed by atoms with E-state index in [4.69, 9.17) is 14.2 Å². The third kappa shape index (κ3) is 2.90. The van der Waals surface area contributed by atoms with E-state index in [2.05, 4.69) is 0 Å². The van der Waals surface area contributed by atoms with Crippen molar-refractivity contribution in [1.82, 2.24) is 4.90 Å². The number of carbonyl (C=O) groups excluding carboxylic acids is 1. The fourth-order valence-corrected chi connectivity index (χ4v) is 2.61. The average Bonchev–Trinajstić information content (AvgIpc) is 3.01. The number of aliphatic hydroxyl groups excluding tert-OH is 1. The van der Waals surface area contributed by atoms with Crippen molar-refractivity contribution in [3.63, 3.8) is 0 Å². The summed E-state index contributed by atoms with van der Waals surface area (Å²) in [6.07, 6.45) is 0.817. The Morgan fingerprint density at radius 1 is 1.24 bits per heavy atom. The monoisotopic (exact) mass is 295 g/mol. The number of ether oxygens (including phenoxy) is 3. The molecule has 0 saturated carbocycles. The molecule has 0 radical (unpaired) electrons. The highest BCUT2D eigenvalue weighted by atomic mass is 16.5. The Morgan fingerprint density at radius 2 is 1.95 bits per heavy atom. The van der Waals surface area contributed by atoms with Gasteiger partial charge < -0.3 is 24.2 Å². The number of methoxy groups -OCH3 is 3. The predicted molar refractivity (Wildman–Crippen MR) is 77.2 cm³/mol. The van der Waals surface area contributed by atoms with Gasteiger partial charge in [-0.25, -0.2) is 0 Å². The van der Waals surface area contributed by atoms with Crippen LogP contribution in [0.2, 0.25) is 0 Å². The van der Waals surface area contributed by atoms with Gasteiger partial charge in [-0.2, -0.15) is 0 Å². The van der Waals surface area contributed by atoms with Gasteiger partial charge in [0.1, 0.15) is 0 Å². The number of hydrogen-bond donors (Lipinski definition) is 1. The first-order chi connectivity index (χ1) is 10.2. The summed E-state index contributed by atoms with van der Waals surface area (Å²) in [7, 11) is 4.53. The van der Waals surface area contributed by atoms with E-state index >= 15 is 0 Å². The van der Waals surface area contributed by atoms with Crippen LogP contribution in [0.3, 0.4) is 0 Å². The molecular weight excluding hydrogens is 274 g/mol. The Kier molecular flexibility index (Phi) is 4.90. The molecule has 1 fully saturated rings. The maximum Gasteiger partial charge on any atom is 0.257 e. The molecular formula is C15H21NO5. The van der Waals surface area contributed by atoms with Crippen molar-refractivity contribution in [3.05, 3.63) is 17.7 Å². The fourth-order valence-electron chi connectivity index (χ4n) is 2.61. The van der Waals surface area contributed by atoms with Crippen molar-refractivity contribution in [2.45, 2.75) is 6.42 Å². The number of aliphatic hydroxyl groups is 1. The van der Waals surface area contributed by atoms with Gasteiger partial charge in [-0.15, -0.1) is 0 Å². The largest absolute Gasteiger partial charge is 0.493 e. The van der Waals surface area contributed by atoms with Crippen molar-refractivity contribution in [1.29, 1.82) is 0 Å². The van der Waals surface area contributed by atoms with Crippen LogP contribution in [-0.2, 0) is 0 Å². The Hall–Kier alpha value is -1.95. The molecule has 0 spiro atoms. The molecule has 6 heteroatoms. The molecule has 1 aromatic rings. The molecule has 1 aromatic carbocycles. The maximum atomic E-state index is 12.6. The van der Waals surface area contributed by atoms with Crippen molar-refractivity contribution in [2.24, 2.45) is 5.92 Å². The Balaban J connectivity index is 2.33. The van der Waals surface area contributed by atoms with Crippen molar-refractivity contribution >= 4 is 5.91 Å². The van der Waals surface area contributed by atoms with E-state index in [0.717, 1.165) is 6.42 Å². The summed E-state index contributed by atoms with van der Waals surface area (Å²) >= 11 is 0. The van der Waals surface area contributed by atoms with Crippen molar-refractivity contribution < 1.29 is 24.1 Å². The van der Waals surface area contributed by atoms with E-state index in [1.807, 2.05) is 0 Å². The van der Waals surface area contributed by atoms with E-state index in [9.17, 15) is 9.90 Å². The van der Waals surface area contributed by atoms with Crippen LogP contribution in [0.5, 0.6) is 17.2 Å². The molecule has 1 atom stereocenters. The molecule has 116 valence electrons. The van der Waals surface area contributed by atoms with Crippen LogP contribution in [0.4, 0.5) is 0 Å². The number of rotatable bonds is 5. The van der Waals surface area contributed by atoms with E-state index in [-0.39, 0.29) is 18.4 Å². The number of amides is 1. The quantitative estimate of drug-likeness (QED) is 0.883. The molecule has 21 heavy (non-hydrogen) atoms. The van der Waals surface area contributed by atoms with Gasteiger partial charge in [-0.3, -0.25) is 4.79 Å². The summed E-state index contributed by atoms with van der Waals surface area (Å²) in [5, 5.41) is 9.19. The molecule has 6 nitrogen and oxygen atoms in total. The summed E-state index contributed by atoms with van der Waals surface area (Å²) < 4.78 is 15.8. The highest BCUT2D eigenvalue weighted by Crippen LogP contribution is 2.40. The van der Waals surface area contributed by atoms with E-state index < -0.39 is 0 Å². The number of likely N-dealkylation sites (tertiary alicyclic amines) is 1. The molecule has 1 aliphatic rings. The molecule has 1 amide bonds. The van der Waals surface area contributed by atoms with Gasteiger partial charge in [0, 0.05) is 25.6 Å². The summed E-state index contributed by atoms with van der Waals surface area (Å²) in [5.41, 5.74) is 0.439. The second-order valence-electron chi connectivity index (χ2n) is 4.97. The minimum absolute atomic E-state index is 0.104. The molecule has 1 saturated heterocycles. The molecule has 1 heterocycles. The van der Waals surface area contributed by atoms with Gasteiger partial charge in [-0.05, 0) is 18.6 Å². The SMILES string of the molecule is COc1ccc(C(=O)N2CCC(CO)C2)c(OC)c1OC. The van der Waals surface area contributed by atoms with Gasteiger partial charge in [-0.1, -0.05) is 0 Å². The molecule has 1 aliphatic heterocycles. The van der Waals surface area contributed by atoms with Crippen LogP contribution in [0.15, 0.2) is 12.1 Å². The topological polar surface area (TPSA) is 68.2 Å². The third-order valence-corrected chi connectivity index (χ3v) is 3.77. The van der Waals surface area contributed by atoms with Crippen molar-refractivity contribution in [3.8, 4) is 17.2 Å². The maximum absolute atomic E-state index is 12.6. The lowest BCUT2D eigenvalue weighted by Gasteiger charge is -2.20. The van der Waals surface area contributed by atoms with E-state index in [0.29, 0.717) is 35.9 Å². The summed E-state index contributed by atoms with van der Waals surface area (Å²) in [4.78, 5) is 14.4. The zero-order chi connectivity index (χ0) is 15.4. The van der Waals surface area contributed by atoms with Crippen LogP contribution in [0.1, 0.15) is 16.8 Å². The minimum atomic E-state index is -0.122. The lowest BCUT2D eigenvalue weighted by molar-refractivity contribution is 0.0777. The van der Waals surface area contributed by atoms with E-state index in [1.165, 1.54) is 21.3 Å². The molecule has 0 aromatic heterocycles. The highest BCUT2D eigenvalue weighted by molar-refractivity contribution is 5.98. The molecule has 2 rings (SSSR count). The lowest BCUT2D eigenvalue weighted by atomic mass is 10.1. The first-order valence-electron chi connectivity index (χ1n) is 6.85. The van der Waals surface area contributed by atoms with Crippen LogP contribution in [0, 0.1) is 5.92 Å². The molecule has 1 N–H and O–H groups in total.